The number of benzene rings is 1. The molecular weight excluding hydrogens is 250 g/mol. The Hall–Kier alpha value is -1.06. The van der Waals surface area contributed by atoms with Gasteiger partial charge in [0.05, 0.1) is 0 Å². The molecule has 0 spiro atoms. The number of hydrogen-bond acceptors (Lipinski definition) is 3. The second kappa shape index (κ2) is 7.09. The molecule has 1 fully saturated rings. The highest BCUT2D eigenvalue weighted by molar-refractivity contribution is 5.31. The first kappa shape index (κ1) is 15.3. The van der Waals surface area contributed by atoms with Crippen molar-refractivity contribution in [1.29, 1.82) is 0 Å². The van der Waals surface area contributed by atoms with Crippen molar-refractivity contribution in [2.45, 2.75) is 45.6 Å². The second-order valence-corrected chi connectivity index (χ2v) is 6.11. The van der Waals surface area contributed by atoms with Crippen LogP contribution in [0.1, 0.15) is 38.2 Å². The Morgan fingerprint density at radius 1 is 1.35 bits per heavy atom. The third-order valence-corrected chi connectivity index (χ3v) is 4.14. The topological polar surface area (TPSA) is 41.5 Å². The van der Waals surface area contributed by atoms with E-state index in [1.165, 1.54) is 25.7 Å². The Kier molecular flexibility index (Phi) is 5.44. The van der Waals surface area contributed by atoms with E-state index in [0.29, 0.717) is 18.6 Å². The van der Waals surface area contributed by atoms with Crippen molar-refractivity contribution in [2.24, 2.45) is 5.41 Å². The van der Waals surface area contributed by atoms with Crippen molar-refractivity contribution in [1.82, 2.24) is 5.32 Å². The maximum absolute atomic E-state index is 9.96. The SMILES string of the molecule is CCCC1(CNCC(O)COc2ccccc2C)CC1. The molecule has 20 heavy (non-hydrogen) atoms. The lowest BCUT2D eigenvalue weighted by molar-refractivity contribution is 0.104. The molecule has 3 heteroatoms. The molecule has 1 aliphatic rings. The van der Waals surface area contributed by atoms with Crippen LogP contribution in [0.2, 0.25) is 0 Å². The first-order chi connectivity index (χ1) is 9.65. The maximum atomic E-state index is 9.96. The monoisotopic (exact) mass is 277 g/mol. The largest absolute Gasteiger partial charge is 0.491 e. The van der Waals surface area contributed by atoms with E-state index in [0.717, 1.165) is 17.9 Å². The summed E-state index contributed by atoms with van der Waals surface area (Å²) in [6.07, 6.45) is 4.77. The molecule has 2 rings (SSSR count). The fourth-order valence-corrected chi connectivity index (χ4v) is 2.69. The minimum atomic E-state index is -0.452. The highest BCUT2D eigenvalue weighted by Crippen LogP contribution is 2.48. The van der Waals surface area contributed by atoms with Gasteiger partial charge in [0, 0.05) is 13.1 Å². The summed E-state index contributed by atoms with van der Waals surface area (Å²) in [5, 5.41) is 13.4. The van der Waals surface area contributed by atoms with Crippen LogP contribution >= 0.6 is 0 Å². The van der Waals surface area contributed by atoms with Crippen molar-refractivity contribution >= 4 is 0 Å². The Morgan fingerprint density at radius 2 is 2.10 bits per heavy atom. The molecule has 0 heterocycles. The molecule has 0 aliphatic heterocycles. The van der Waals surface area contributed by atoms with E-state index >= 15 is 0 Å². The minimum absolute atomic E-state index is 0.346. The van der Waals surface area contributed by atoms with Crippen molar-refractivity contribution in [3.8, 4) is 5.75 Å². The number of aliphatic hydroxyl groups is 1. The first-order valence-corrected chi connectivity index (χ1v) is 7.72. The Bertz CT molecular complexity index is 415. The molecule has 112 valence electrons. The summed E-state index contributed by atoms with van der Waals surface area (Å²) in [5.74, 6) is 0.858. The van der Waals surface area contributed by atoms with Crippen molar-refractivity contribution in [2.75, 3.05) is 19.7 Å². The van der Waals surface area contributed by atoms with E-state index in [9.17, 15) is 5.11 Å². The summed E-state index contributed by atoms with van der Waals surface area (Å²) in [6, 6.07) is 7.90. The highest BCUT2D eigenvalue weighted by atomic mass is 16.5. The van der Waals surface area contributed by atoms with Gasteiger partial charge in [-0.05, 0) is 43.2 Å². The second-order valence-electron chi connectivity index (χ2n) is 6.11. The van der Waals surface area contributed by atoms with Gasteiger partial charge >= 0.3 is 0 Å². The van der Waals surface area contributed by atoms with Crippen molar-refractivity contribution in [3.63, 3.8) is 0 Å². The molecule has 1 aromatic carbocycles. The number of rotatable bonds is 9. The molecular formula is C17H27NO2. The number of nitrogens with one attached hydrogen (secondary N) is 1. The fraction of sp³-hybridized carbons (Fsp3) is 0.647. The van der Waals surface area contributed by atoms with Gasteiger partial charge in [-0.25, -0.2) is 0 Å². The van der Waals surface area contributed by atoms with Crippen LogP contribution in [0.3, 0.4) is 0 Å². The predicted octanol–water partition coefficient (Wildman–Crippen LogP) is 2.90. The molecule has 0 aromatic heterocycles. The molecule has 1 saturated carbocycles. The van der Waals surface area contributed by atoms with Crippen molar-refractivity contribution in [3.05, 3.63) is 29.8 Å². The van der Waals surface area contributed by atoms with Gasteiger partial charge < -0.3 is 15.2 Å². The molecule has 1 aromatic rings. The molecule has 3 nitrogen and oxygen atoms in total. The summed E-state index contributed by atoms with van der Waals surface area (Å²) in [6.45, 7) is 6.24. The summed E-state index contributed by atoms with van der Waals surface area (Å²) < 4.78 is 5.65. The molecule has 0 saturated heterocycles. The third-order valence-electron chi connectivity index (χ3n) is 4.14. The van der Waals surface area contributed by atoms with Crippen LogP contribution in [0.4, 0.5) is 0 Å². The minimum Gasteiger partial charge on any atom is -0.491 e. The van der Waals surface area contributed by atoms with Crippen molar-refractivity contribution < 1.29 is 9.84 Å². The van der Waals surface area contributed by atoms with Crippen LogP contribution in [0.5, 0.6) is 5.75 Å². The molecule has 1 unspecified atom stereocenters. The van der Waals surface area contributed by atoms with Gasteiger partial charge in [-0.15, -0.1) is 0 Å². The molecule has 1 atom stereocenters. The molecule has 0 amide bonds. The summed E-state index contributed by atoms with van der Waals surface area (Å²) in [4.78, 5) is 0. The summed E-state index contributed by atoms with van der Waals surface area (Å²) in [7, 11) is 0. The van der Waals surface area contributed by atoms with Crippen LogP contribution in [0.25, 0.3) is 0 Å². The zero-order chi connectivity index (χ0) is 14.4. The van der Waals surface area contributed by atoms with Crippen LogP contribution in [-0.4, -0.2) is 30.9 Å². The normalized spacial score (nSPS) is 17.8. The van der Waals surface area contributed by atoms with E-state index < -0.39 is 6.10 Å². The Morgan fingerprint density at radius 3 is 2.75 bits per heavy atom. The Balaban J connectivity index is 1.63. The summed E-state index contributed by atoms with van der Waals surface area (Å²) in [5.41, 5.74) is 1.64. The predicted molar refractivity (Wildman–Crippen MR) is 82.1 cm³/mol. The quantitative estimate of drug-likeness (QED) is 0.729. The average Bonchev–Trinajstić information content (AvgIpc) is 3.18. The molecule has 2 N–H and O–H groups in total. The number of para-hydroxylation sites is 1. The third kappa shape index (κ3) is 4.50. The first-order valence-electron chi connectivity index (χ1n) is 7.72. The van der Waals surface area contributed by atoms with Gasteiger partial charge in [0.15, 0.2) is 0 Å². The lowest BCUT2D eigenvalue weighted by Gasteiger charge is -2.18. The summed E-state index contributed by atoms with van der Waals surface area (Å²) >= 11 is 0. The molecule has 1 aliphatic carbocycles. The van der Waals surface area contributed by atoms with E-state index in [-0.39, 0.29) is 0 Å². The van der Waals surface area contributed by atoms with E-state index in [1.807, 2.05) is 31.2 Å². The van der Waals surface area contributed by atoms with Crippen LogP contribution < -0.4 is 10.1 Å². The lowest BCUT2D eigenvalue weighted by Crippen LogP contribution is -2.34. The zero-order valence-electron chi connectivity index (χ0n) is 12.7. The number of aliphatic hydroxyl groups excluding tert-OH is 1. The van der Waals surface area contributed by atoms with E-state index in [2.05, 4.69) is 12.2 Å². The average molecular weight is 277 g/mol. The van der Waals surface area contributed by atoms with Gasteiger partial charge in [0.2, 0.25) is 0 Å². The molecule has 0 bridgehead atoms. The smallest absolute Gasteiger partial charge is 0.122 e. The zero-order valence-corrected chi connectivity index (χ0v) is 12.7. The van der Waals surface area contributed by atoms with Crippen LogP contribution in [-0.2, 0) is 0 Å². The van der Waals surface area contributed by atoms with Crippen LogP contribution in [0, 0.1) is 12.3 Å². The van der Waals surface area contributed by atoms with Gasteiger partial charge in [0.1, 0.15) is 18.5 Å². The maximum Gasteiger partial charge on any atom is 0.122 e. The lowest BCUT2D eigenvalue weighted by atomic mass is 10.0. The van der Waals surface area contributed by atoms with E-state index in [1.54, 1.807) is 0 Å². The van der Waals surface area contributed by atoms with Gasteiger partial charge in [0.25, 0.3) is 0 Å². The van der Waals surface area contributed by atoms with Crippen LogP contribution in [0.15, 0.2) is 24.3 Å². The number of hydrogen-bond donors (Lipinski definition) is 2. The van der Waals surface area contributed by atoms with Gasteiger partial charge in [-0.2, -0.15) is 0 Å². The van der Waals surface area contributed by atoms with Gasteiger partial charge in [-0.1, -0.05) is 31.5 Å². The highest BCUT2D eigenvalue weighted by Gasteiger charge is 2.40. The van der Waals surface area contributed by atoms with Gasteiger partial charge in [-0.3, -0.25) is 0 Å². The standard InChI is InChI=1S/C17H27NO2/c1-3-8-17(9-10-17)13-18-11-15(19)12-20-16-7-5-4-6-14(16)2/h4-7,15,18-19H,3,8-13H2,1-2H3. The fourth-order valence-electron chi connectivity index (χ4n) is 2.69. The molecule has 0 radical (unpaired) electrons. The Labute approximate surface area is 122 Å². The van der Waals surface area contributed by atoms with E-state index in [4.69, 9.17) is 4.74 Å². The number of aryl methyl sites for hydroxylation is 1. The number of ether oxygens (including phenoxy) is 1.